The number of fused-ring (bicyclic) bond motifs is 1. The number of nitrogens with two attached hydrogens (primary N) is 1. The summed E-state index contributed by atoms with van der Waals surface area (Å²) in [6.45, 7) is 0. The van der Waals surface area contributed by atoms with E-state index in [-0.39, 0.29) is 11.8 Å². The molecule has 1 unspecified atom stereocenters. The van der Waals surface area contributed by atoms with Gasteiger partial charge in [0.2, 0.25) is 0 Å². The van der Waals surface area contributed by atoms with Gasteiger partial charge >= 0.3 is 0 Å². The highest BCUT2D eigenvalue weighted by atomic mass is 32.1. The van der Waals surface area contributed by atoms with Crippen LogP contribution in [-0.2, 0) is 0 Å². The molecule has 2 nitrogen and oxygen atoms in total. The fraction of sp³-hybridized carbons (Fsp3) is 0.357. The van der Waals surface area contributed by atoms with Crippen molar-refractivity contribution < 1.29 is 4.79 Å². The Morgan fingerprint density at radius 1 is 1.41 bits per heavy atom. The minimum atomic E-state index is 0.0534. The molecule has 0 bridgehead atoms. The molecule has 1 fully saturated rings. The highest BCUT2D eigenvalue weighted by Crippen LogP contribution is 2.34. The van der Waals surface area contributed by atoms with Crippen LogP contribution >= 0.6 is 11.3 Å². The van der Waals surface area contributed by atoms with E-state index in [2.05, 4.69) is 6.07 Å². The summed E-state index contributed by atoms with van der Waals surface area (Å²) in [5.41, 5.74) is 6.86. The van der Waals surface area contributed by atoms with Crippen LogP contribution in [0.1, 0.15) is 29.6 Å². The standard InChI is InChI=1S/C14H15NOS/c15-12(9-4-5-9)8-13(16)11-3-1-2-10-6-7-17-14(10)11/h1-3,6-7,9,12H,4-5,8,15H2. The third-order valence-electron chi connectivity index (χ3n) is 3.43. The minimum Gasteiger partial charge on any atom is -0.327 e. The van der Waals surface area contributed by atoms with E-state index in [1.165, 1.54) is 12.8 Å². The Kier molecular flexibility index (Phi) is 2.73. The molecular formula is C14H15NOS. The average Bonchev–Trinajstić information content (AvgIpc) is 3.06. The van der Waals surface area contributed by atoms with Crippen molar-refractivity contribution in [3.63, 3.8) is 0 Å². The third kappa shape index (κ3) is 2.13. The van der Waals surface area contributed by atoms with Crippen molar-refractivity contribution in [2.75, 3.05) is 0 Å². The Morgan fingerprint density at radius 2 is 2.24 bits per heavy atom. The molecule has 0 saturated heterocycles. The Bertz CT molecular complexity index is 556. The van der Waals surface area contributed by atoms with Crippen LogP contribution in [0.15, 0.2) is 29.6 Å². The molecular weight excluding hydrogens is 230 g/mol. The Balaban J connectivity index is 1.86. The van der Waals surface area contributed by atoms with Crippen LogP contribution < -0.4 is 5.73 Å². The fourth-order valence-corrected chi connectivity index (χ4v) is 3.16. The molecule has 1 heterocycles. The summed E-state index contributed by atoms with van der Waals surface area (Å²) in [5.74, 6) is 0.777. The first kappa shape index (κ1) is 10.9. The monoisotopic (exact) mass is 245 g/mol. The number of thiophene rings is 1. The maximum atomic E-state index is 12.2. The number of carbonyl (C=O) groups excluding carboxylic acids is 1. The molecule has 88 valence electrons. The first-order valence-electron chi connectivity index (χ1n) is 6.00. The molecule has 1 saturated carbocycles. The van der Waals surface area contributed by atoms with E-state index in [4.69, 9.17) is 5.73 Å². The van der Waals surface area contributed by atoms with E-state index in [9.17, 15) is 4.79 Å². The maximum Gasteiger partial charge on any atom is 0.165 e. The molecule has 1 aliphatic carbocycles. The second kappa shape index (κ2) is 4.24. The molecule has 0 aliphatic heterocycles. The van der Waals surface area contributed by atoms with E-state index >= 15 is 0 Å². The van der Waals surface area contributed by atoms with Gasteiger partial charge < -0.3 is 5.73 Å². The molecule has 1 aliphatic rings. The largest absolute Gasteiger partial charge is 0.327 e. The van der Waals surface area contributed by atoms with Crippen molar-refractivity contribution in [1.82, 2.24) is 0 Å². The van der Waals surface area contributed by atoms with E-state index in [1.807, 2.05) is 23.6 Å². The predicted molar refractivity (Wildman–Crippen MR) is 71.5 cm³/mol. The first-order valence-corrected chi connectivity index (χ1v) is 6.88. The summed E-state index contributed by atoms with van der Waals surface area (Å²) in [4.78, 5) is 12.2. The molecule has 1 atom stereocenters. The number of ketones is 1. The lowest BCUT2D eigenvalue weighted by Crippen LogP contribution is -2.25. The normalized spacial score (nSPS) is 17.2. The van der Waals surface area contributed by atoms with Crippen LogP contribution in [-0.4, -0.2) is 11.8 Å². The summed E-state index contributed by atoms with van der Waals surface area (Å²) in [5, 5.41) is 3.18. The number of rotatable bonds is 4. The number of Topliss-reactive ketones (excluding diaryl/α,β-unsaturated/α-hetero) is 1. The van der Waals surface area contributed by atoms with Gasteiger partial charge in [0.15, 0.2) is 5.78 Å². The van der Waals surface area contributed by atoms with Crippen LogP contribution in [0.25, 0.3) is 10.1 Å². The van der Waals surface area contributed by atoms with Gasteiger partial charge in [0.1, 0.15) is 0 Å². The van der Waals surface area contributed by atoms with Crippen LogP contribution in [0, 0.1) is 5.92 Å². The Hall–Kier alpha value is -1.19. The second-order valence-corrected chi connectivity index (χ2v) is 5.69. The summed E-state index contributed by atoms with van der Waals surface area (Å²) in [6, 6.07) is 8.02. The zero-order valence-corrected chi connectivity index (χ0v) is 10.4. The number of carbonyl (C=O) groups is 1. The zero-order valence-electron chi connectivity index (χ0n) is 9.56. The second-order valence-electron chi connectivity index (χ2n) is 4.77. The summed E-state index contributed by atoms with van der Waals surface area (Å²) < 4.78 is 1.10. The molecule has 2 N–H and O–H groups in total. The first-order chi connectivity index (χ1) is 8.25. The van der Waals surface area contributed by atoms with Crippen LogP contribution in [0.2, 0.25) is 0 Å². The minimum absolute atomic E-state index is 0.0534. The lowest BCUT2D eigenvalue weighted by molar-refractivity contribution is 0.0973. The third-order valence-corrected chi connectivity index (χ3v) is 4.39. The number of benzene rings is 1. The molecule has 1 aromatic heterocycles. The van der Waals surface area contributed by atoms with E-state index in [0.29, 0.717) is 12.3 Å². The molecule has 0 spiro atoms. The van der Waals surface area contributed by atoms with Crippen LogP contribution in [0.4, 0.5) is 0 Å². The van der Waals surface area contributed by atoms with Gasteiger partial charge in [-0.2, -0.15) is 0 Å². The zero-order chi connectivity index (χ0) is 11.8. The van der Waals surface area contributed by atoms with Crippen molar-refractivity contribution in [3.05, 3.63) is 35.2 Å². The maximum absolute atomic E-state index is 12.2. The highest BCUT2D eigenvalue weighted by molar-refractivity contribution is 7.17. The van der Waals surface area contributed by atoms with Gasteiger partial charge in [-0.3, -0.25) is 4.79 Å². The lowest BCUT2D eigenvalue weighted by atomic mass is 10.0. The van der Waals surface area contributed by atoms with Gasteiger partial charge in [-0.15, -0.1) is 11.3 Å². The van der Waals surface area contributed by atoms with Gasteiger partial charge in [0.25, 0.3) is 0 Å². The quantitative estimate of drug-likeness (QED) is 0.840. The molecule has 3 rings (SSSR count). The lowest BCUT2D eigenvalue weighted by Gasteiger charge is -2.09. The van der Waals surface area contributed by atoms with Crippen molar-refractivity contribution in [3.8, 4) is 0 Å². The van der Waals surface area contributed by atoms with Crippen molar-refractivity contribution in [2.45, 2.75) is 25.3 Å². The molecule has 1 aromatic carbocycles. The van der Waals surface area contributed by atoms with Crippen molar-refractivity contribution >= 4 is 27.2 Å². The van der Waals surface area contributed by atoms with Crippen LogP contribution in [0.3, 0.4) is 0 Å². The molecule has 2 aromatic rings. The van der Waals surface area contributed by atoms with Crippen molar-refractivity contribution in [1.29, 1.82) is 0 Å². The van der Waals surface area contributed by atoms with E-state index < -0.39 is 0 Å². The van der Waals surface area contributed by atoms with Gasteiger partial charge in [-0.05, 0) is 41.7 Å². The fourth-order valence-electron chi connectivity index (χ4n) is 2.23. The average molecular weight is 245 g/mol. The smallest absolute Gasteiger partial charge is 0.165 e. The van der Waals surface area contributed by atoms with Gasteiger partial charge in [-0.25, -0.2) is 0 Å². The SMILES string of the molecule is NC(CC(=O)c1cccc2ccsc12)C1CC1. The van der Waals surface area contributed by atoms with Gasteiger partial charge in [-0.1, -0.05) is 12.1 Å². The highest BCUT2D eigenvalue weighted by Gasteiger charge is 2.30. The Morgan fingerprint density at radius 3 is 3.00 bits per heavy atom. The predicted octanol–water partition coefficient (Wildman–Crippen LogP) is 3.21. The topological polar surface area (TPSA) is 43.1 Å². The molecule has 3 heteroatoms. The van der Waals surface area contributed by atoms with E-state index in [1.54, 1.807) is 11.3 Å². The Labute approximate surface area is 104 Å². The summed E-state index contributed by atoms with van der Waals surface area (Å²) >= 11 is 1.63. The molecule has 0 radical (unpaired) electrons. The van der Waals surface area contributed by atoms with Gasteiger partial charge in [0.05, 0.1) is 0 Å². The number of hydrogen-bond donors (Lipinski definition) is 1. The van der Waals surface area contributed by atoms with E-state index in [0.717, 1.165) is 15.6 Å². The van der Waals surface area contributed by atoms with Gasteiger partial charge in [0, 0.05) is 22.7 Å². The number of hydrogen-bond acceptors (Lipinski definition) is 3. The molecule has 0 amide bonds. The molecule has 17 heavy (non-hydrogen) atoms. The van der Waals surface area contributed by atoms with Crippen molar-refractivity contribution in [2.24, 2.45) is 11.7 Å². The summed E-state index contributed by atoms with van der Waals surface area (Å²) in [6.07, 6.45) is 2.87. The summed E-state index contributed by atoms with van der Waals surface area (Å²) in [7, 11) is 0. The van der Waals surface area contributed by atoms with Crippen LogP contribution in [0.5, 0.6) is 0 Å².